The lowest BCUT2D eigenvalue weighted by Crippen LogP contribution is -2.10. The number of nitrogens with zero attached hydrogens (tertiary/aromatic N) is 2. The zero-order chi connectivity index (χ0) is 20.2. The molecule has 0 radical (unpaired) electrons. The minimum absolute atomic E-state index is 0.153. The lowest BCUT2D eigenvalue weighted by atomic mass is 10.0. The van der Waals surface area contributed by atoms with Crippen LogP contribution in [-0.4, -0.2) is 38.7 Å². The van der Waals surface area contributed by atoms with Gasteiger partial charge in [0.05, 0.1) is 20.5 Å². The highest BCUT2D eigenvalue weighted by molar-refractivity contribution is 6.45. The number of hydrogen-bond acceptors (Lipinski definition) is 7. The summed E-state index contributed by atoms with van der Waals surface area (Å²) in [6.07, 6.45) is 3.19. The first-order chi connectivity index (χ1) is 12.9. The molecular weight excluding hydrogens is 348 g/mol. The molecule has 7 nitrogen and oxygen atoms in total. The van der Waals surface area contributed by atoms with Gasteiger partial charge in [-0.15, -0.1) is 0 Å². The fraction of sp³-hybridized carbons (Fsp3) is 0.350. The third-order valence-corrected chi connectivity index (χ3v) is 3.36. The van der Waals surface area contributed by atoms with Gasteiger partial charge in [0.2, 0.25) is 0 Å². The quantitative estimate of drug-likeness (QED) is 0.216. The Hall–Kier alpha value is -3.09. The smallest absolute Gasteiger partial charge is 0.341 e. The second kappa shape index (κ2) is 11.5. The van der Waals surface area contributed by atoms with Crippen molar-refractivity contribution in [3.63, 3.8) is 0 Å². The Kier molecular flexibility index (Phi) is 9.36. The first kappa shape index (κ1) is 22.0. The zero-order valence-corrected chi connectivity index (χ0v) is 16.6. The molecule has 146 valence electrons. The summed E-state index contributed by atoms with van der Waals surface area (Å²) >= 11 is 0. The van der Waals surface area contributed by atoms with Crippen molar-refractivity contribution >= 4 is 23.0 Å². The Morgan fingerprint density at radius 1 is 1.07 bits per heavy atom. The molecular formula is C20H26N2O5. The predicted molar refractivity (Wildman–Crippen MR) is 105 cm³/mol. The first-order valence-electron chi connectivity index (χ1n) is 8.27. The SMILES string of the molecule is CO/C=C(/C(=O)OC)c1ccccc1CO/N=C(C)/C(C=C(C)C)=N/OC. The molecule has 7 heteroatoms. The number of carbonyl (C=O) groups excluding carboxylic acids is 1. The minimum atomic E-state index is -0.498. The maximum Gasteiger partial charge on any atom is 0.341 e. The predicted octanol–water partition coefficient (Wildman–Crippen LogP) is 3.71. The summed E-state index contributed by atoms with van der Waals surface area (Å²) in [5.41, 5.74) is 3.89. The van der Waals surface area contributed by atoms with Crippen molar-refractivity contribution in [2.24, 2.45) is 10.3 Å². The molecule has 0 N–H and O–H groups in total. The molecule has 0 unspecified atom stereocenters. The van der Waals surface area contributed by atoms with Crippen LogP contribution in [0.3, 0.4) is 0 Å². The second-order valence-corrected chi connectivity index (χ2v) is 5.75. The highest BCUT2D eigenvalue weighted by Crippen LogP contribution is 2.21. The number of oxime groups is 2. The number of allylic oxidation sites excluding steroid dienone is 2. The van der Waals surface area contributed by atoms with Crippen molar-refractivity contribution in [1.29, 1.82) is 0 Å². The maximum absolute atomic E-state index is 12.0. The van der Waals surface area contributed by atoms with Crippen molar-refractivity contribution in [1.82, 2.24) is 0 Å². The molecule has 0 aliphatic rings. The van der Waals surface area contributed by atoms with Crippen LogP contribution in [0.5, 0.6) is 0 Å². The van der Waals surface area contributed by atoms with Crippen molar-refractivity contribution in [2.45, 2.75) is 27.4 Å². The van der Waals surface area contributed by atoms with Gasteiger partial charge in [0.15, 0.2) is 0 Å². The van der Waals surface area contributed by atoms with Crippen LogP contribution in [0.1, 0.15) is 31.9 Å². The van der Waals surface area contributed by atoms with E-state index < -0.39 is 5.97 Å². The monoisotopic (exact) mass is 374 g/mol. The Bertz CT molecular complexity index is 759. The van der Waals surface area contributed by atoms with E-state index in [1.54, 1.807) is 13.0 Å². The Morgan fingerprint density at radius 3 is 2.37 bits per heavy atom. The molecule has 0 fully saturated rings. The van der Waals surface area contributed by atoms with Gasteiger partial charge in [-0.1, -0.05) is 40.1 Å². The maximum atomic E-state index is 12.0. The molecule has 1 rings (SSSR count). The molecule has 0 saturated carbocycles. The standard InChI is InChI=1S/C20H26N2O5/c1-14(2)11-19(22-26-6)15(3)21-27-12-16-9-7-8-10-17(16)18(13-24-4)20(23)25-5/h7-11,13H,12H2,1-6H3/b18-13+,21-15+,22-19+. The number of carbonyl (C=O) groups is 1. The van der Waals surface area contributed by atoms with Gasteiger partial charge < -0.3 is 19.1 Å². The van der Waals surface area contributed by atoms with Gasteiger partial charge in [-0.2, -0.15) is 0 Å². The summed E-state index contributed by atoms with van der Waals surface area (Å²) < 4.78 is 9.83. The second-order valence-electron chi connectivity index (χ2n) is 5.75. The molecule has 0 heterocycles. The number of ether oxygens (including phenoxy) is 2. The Morgan fingerprint density at radius 2 is 1.78 bits per heavy atom. The van der Waals surface area contributed by atoms with Gasteiger partial charge >= 0.3 is 5.97 Å². The van der Waals surface area contributed by atoms with Crippen LogP contribution in [0.15, 0.2) is 52.5 Å². The molecule has 0 aliphatic carbocycles. The summed E-state index contributed by atoms with van der Waals surface area (Å²) in [6.45, 7) is 5.83. The molecule has 0 bridgehead atoms. The van der Waals surface area contributed by atoms with E-state index in [1.807, 2.05) is 38.1 Å². The van der Waals surface area contributed by atoms with Crippen molar-refractivity contribution < 1.29 is 23.9 Å². The van der Waals surface area contributed by atoms with Crippen LogP contribution in [0, 0.1) is 0 Å². The van der Waals surface area contributed by atoms with Crippen LogP contribution in [0.4, 0.5) is 0 Å². The van der Waals surface area contributed by atoms with Crippen LogP contribution in [0.2, 0.25) is 0 Å². The molecule has 0 spiro atoms. The summed E-state index contributed by atoms with van der Waals surface area (Å²) in [7, 11) is 4.26. The summed E-state index contributed by atoms with van der Waals surface area (Å²) in [5.74, 6) is -0.498. The number of hydrogen-bond donors (Lipinski definition) is 0. The van der Waals surface area contributed by atoms with E-state index in [0.717, 1.165) is 11.1 Å². The third-order valence-electron chi connectivity index (χ3n) is 3.36. The molecule has 0 saturated heterocycles. The minimum Gasteiger partial charge on any atom is -0.503 e. The number of methoxy groups -OCH3 is 2. The summed E-state index contributed by atoms with van der Waals surface area (Å²) in [4.78, 5) is 22.3. The molecule has 0 aliphatic heterocycles. The van der Waals surface area contributed by atoms with E-state index in [1.165, 1.54) is 27.6 Å². The van der Waals surface area contributed by atoms with Gasteiger partial charge in [-0.05, 0) is 32.4 Å². The van der Waals surface area contributed by atoms with E-state index in [2.05, 4.69) is 10.3 Å². The van der Waals surface area contributed by atoms with Gasteiger partial charge in [-0.25, -0.2) is 4.79 Å². The average Bonchev–Trinajstić information content (AvgIpc) is 2.65. The molecule has 0 amide bonds. The number of rotatable bonds is 9. The number of esters is 1. The molecule has 1 aromatic rings. The summed E-state index contributed by atoms with van der Waals surface area (Å²) in [5, 5.41) is 8.03. The van der Waals surface area contributed by atoms with Crippen molar-refractivity contribution in [3.8, 4) is 0 Å². The van der Waals surface area contributed by atoms with E-state index >= 15 is 0 Å². The molecule has 27 heavy (non-hydrogen) atoms. The van der Waals surface area contributed by atoms with Crippen LogP contribution in [-0.2, 0) is 30.6 Å². The van der Waals surface area contributed by atoms with Gasteiger partial charge in [-0.3, -0.25) is 0 Å². The van der Waals surface area contributed by atoms with Crippen LogP contribution >= 0.6 is 0 Å². The molecule has 0 atom stereocenters. The Balaban J connectivity index is 3.04. The van der Waals surface area contributed by atoms with E-state index in [-0.39, 0.29) is 6.61 Å². The fourth-order valence-corrected chi connectivity index (χ4v) is 2.17. The normalized spacial score (nSPS) is 12.3. The highest BCUT2D eigenvalue weighted by Gasteiger charge is 2.16. The van der Waals surface area contributed by atoms with E-state index in [9.17, 15) is 4.79 Å². The molecule has 0 aromatic heterocycles. The zero-order valence-electron chi connectivity index (χ0n) is 16.6. The third kappa shape index (κ3) is 6.97. The van der Waals surface area contributed by atoms with Crippen LogP contribution in [0.25, 0.3) is 5.57 Å². The lowest BCUT2D eigenvalue weighted by Gasteiger charge is -2.11. The summed E-state index contributed by atoms with van der Waals surface area (Å²) in [6, 6.07) is 7.30. The van der Waals surface area contributed by atoms with Gasteiger partial charge in [0.25, 0.3) is 0 Å². The lowest BCUT2D eigenvalue weighted by molar-refractivity contribution is -0.133. The number of benzene rings is 1. The van der Waals surface area contributed by atoms with Crippen molar-refractivity contribution in [2.75, 3.05) is 21.3 Å². The van der Waals surface area contributed by atoms with Crippen molar-refractivity contribution in [3.05, 3.63) is 53.3 Å². The van der Waals surface area contributed by atoms with Gasteiger partial charge in [0, 0.05) is 5.56 Å². The van der Waals surface area contributed by atoms with Crippen LogP contribution < -0.4 is 0 Å². The Labute approximate surface area is 159 Å². The topological polar surface area (TPSA) is 78.7 Å². The van der Waals surface area contributed by atoms with E-state index in [0.29, 0.717) is 22.6 Å². The van der Waals surface area contributed by atoms with E-state index in [4.69, 9.17) is 19.1 Å². The fourth-order valence-electron chi connectivity index (χ4n) is 2.17. The average molecular weight is 374 g/mol. The molecule has 1 aromatic carbocycles. The largest absolute Gasteiger partial charge is 0.503 e. The van der Waals surface area contributed by atoms with Gasteiger partial charge in [0.1, 0.15) is 30.7 Å². The highest BCUT2D eigenvalue weighted by atomic mass is 16.6. The first-order valence-corrected chi connectivity index (χ1v) is 8.27.